The van der Waals surface area contributed by atoms with Gasteiger partial charge in [0.25, 0.3) is 0 Å². The average Bonchev–Trinajstić information content (AvgIpc) is 3.49. The molecule has 8 nitrogen and oxygen atoms in total. The number of aromatic amines is 1. The van der Waals surface area contributed by atoms with Crippen molar-refractivity contribution in [1.82, 2.24) is 19.5 Å². The van der Waals surface area contributed by atoms with Gasteiger partial charge in [0.2, 0.25) is 21.8 Å². The zero-order chi connectivity index (χ0) is 24.6. The lowest BCUT2D eigenvalue weighted by atomic mass is 10.0. The van der Waals surface area contributed by atoms with Crippen LogP contribution in [0.4, 0.5) is 0 Å². The van der Waals surface area contributed by atoms with Gasteiger partial charge >= 0.3 is 0 Å². The molecule has 0 bridgehead atoms. The van der Waals surface area contributed by atoms with Crippen molar-refractivity contribution in [2.24, 2.45) is 0 Å². The predicted molar refractivity (Wildman–Crippen MR) is 133 cm³/mol. The first kappa shape index (κ1) is 23.6. The lowest BCUT2D eigenvalue weighted by Crippen LogP contribution is -2.56. The van der Waals surface area contributed by atoms with E-state index >= 15 is 0 Å². The summed E-state index contributed by atoms with van der Waals surface area (Å²) in [6.45, 7) is 2.42. The van der Waals surface area contributed by atoms with Crippen LogP contribution in [0.25, 0.3) is 10.9 Å². The van der Waals surface area contributed by atoms with E-state index in [1.165, 1.54) is 16.8 Å². The van der Waals surface area contributed by atoms with Gasteiger partial charge in [0.1, 0.15) is 6.04 Å². The number of hydrogen-bond donors (Lipinski definition) is 2. The minimum atomic E-state index is -3.62. The van der Waals surface area contributed by atoms with Crippen molar-refractivity contribution in [2.75, 3.05) is 26.2 Å². The molecular formula is C26H30N4O4S. The van der Waals surface area contributed by atoms with Crippen molar-refractivity contribution in [1.29, 1.82) is 0 Å². The Morgan fingerprint density at radius 3 is 2.54 bits per heavy atom. The Morgan fingerprint density at radius 1 is 1.03 bits per heavy atom. The summed E-state index contributed by atoms with van der Waals surface area (Å²) in [5.41, 5.74) is 4.28. The Bertz CT molecular complexity index is 1370. The molecule has 1 aliphatic heterocycles. The maximum absolute atomic E-state index is 13.4. The second-order valence-electron chi connectivity index (χ2n) is 9.33. The number of amides is 2. The number of rotatable bonds is 6. The van der Waals surface area contributed by atoms with Crippen LogP contribution >= 0.6 is 0 Å². The molecule has 1 aliphatic carbocycles. The minimum Gasteiger partial charge on any atom is -0.361 e. The van der Waals surface area contributed by atoms with Gasteiger partial charge in [-0.3, -0.25) is 9.59 Å². The first-order valence-corrected chi connectivity index (χ1v) is 13.5. The summed E-state index contributed by atoms with van der Waals surface area (Å²) in [6.07, 6.45) is 5.21. The number of sulfonamides is 1. The molecule has 3 aromatic rings. The van der Waals surface area contributed by atoms with E-state index in [-0.39, 0.29) is 38.0 Å². The highest BCUT2D eigenvalue weighted by atomic mass is 32.2. The average molecular weight is 495 g/mol. The smallest absolute Gasteiger partial charge is 0.245 e. The number of fused-ring (bicyclic) bond motifs is 2. The number of H-pyrrole nitrogens is 1. The van der Waals surface area contributed by atoms with Crippen molar-refractivity contribution in [2.45, 2.75) is 43.5 Å². The van der Waals surface area contributed by atoms with Gasteiger partial charge in [-0.1, -0.05) is 24.3 Å². The van der Waals surface area contributed by atoms with Crippen LogP contribution in [0, 0.1) is 0 Å². The number of aromatic nitrogens is 1. The maximum atomic E-state index is 13.4. The molecule has 2 aromatic carbocycles. The van der Waals surface area contributed by atoms with E-state index in [4.69, 9.17) is 0 Å². The van der Waals surface area contributed by atoms with Crippen molar-refractivity contribution < 1.29 is 18.0 Å². The van der Waals surface area contributed by atoms with Gasteiger partial charge in [-0.2, -0.15) is 4.31 Å². The third-order valence-electron chi connectivity index (χ3n) is 7.03. The minimum absolute atomic E-state index is 0.194. The summed E-state index contributed by atoms with van der Waals surface area (Å²) >= 11 is 0. The van der Waals surface area contributed by atoms with Gasteiger partial charge in [0, 0.05) is 56.6 Å². The normalized spacial score (nSPS) is 17.3. The Labute approximate surface area is 205 Å². The van der Waals surface area contributed by atoms with E-state index in [0.717, 1.165) is 41.3 Å². The molecule has 0 saturated carbocycles. The van der Waals surface area contributed by atoms with Crippen LogP contribution in [0.2, 0.25) is 0 Å². The summed E-state index contributed by atoms with van der Waals surface area (Å²) < 4.78 is 27.9. The summed E-state index contributed by atoms with van der Waals surface area (Å²) in [4.78, 5) is 30.5. The van der Waals surface area contributed by atoms with E-state index < -0.39 is 16.1 Å². The van der Waals surface area contributed by atoms with Gasteiger partial charge in [-0.05, 0) is 54.2 Å². The predicted octanol–water partition coefficient (Wildman–Crippen LogP) is 2.24. The highest BCUT2D eigenvalue weighted by Crippen LogP contribution is 2.27. The molecule has 1 aromatic heterocycles. The third kappa shape index (κ3) is 4.70. The SMILES string of the molecule is CC(=O)N[C@@H](Cc1c[nH]c2ccccc12)C(=O)N1CCN(S(=O)(=O)c2ccc3c(c2)CCC3)CC1. The number of carbonyl (C=O) groups excluding carboxylic acids is 2. The molecule has 184 valence electrons. The fraction of sp³-hybridized carbons (Fsp3) is 0.385. The van der Waals surface area contributed by atoms with Crippen LogP contribution in [0.5, 0.6) is 0 Å². The number of benzene rings is 2. The van der Waals surface area contributed by atoms with Gasteiger partial charge < -0.3 is 15.2 Å². The standard InChI is InChI=1S/C26H30N4O4S/c1-18(31)28-25(16-21-17-27-24-8-3-2-7-23(21)24)26(32)29-11-13-30(14-12-29)35(33,34)22-10-9-19-5-4-6-20(19)15-22/h2-3,7-10,15,17,25,27H,4-6,11-14,16H2,1H3,(H,28,31)/t25-/m0/s1. The van der Waals surface area contributed by atoms with Gasteiger partial charge in [-0.15, -0.1) is 0 Å². The summed E-state index contributed by atoms with van der Waals surface area (Å²) in [6, 6.07) is 12.6. The summed E-state index contributed by atoms with van der Waals surface area (Å²) in [5.74, 6) is -0.471. The van der Waals surface area contributed by atoms with E-state index in [0.29, 0.717) is 11.3 Å². The van der Waals surface area contributed by atoms with Crippen molar-refractivity contribution in [3.8, 4) is 0 Å². The monoisotopic (exact) mass is 494 g/mol. The highest BCUT2D eigenvalue weighted by molar-refractivity contribution is 7.89. The van der Waals surface area contributed by atoms with Crippen LogP contribution in [-0.4, -0.2) is 66.6 Å². The molecule has 2 N–H and O–H groups in total. The summed E-state index contributed by atoms with van der Waals surface area (Å²) in [5, 5.41) is 3.81. The second-order valence-corrected chi connectivity index (χ2v) is 11.3. The zero-order valence-electron chi connectivity index (χ0n) is 19.8. The first-order chi connectivity index (χ1) is 16.8. The molecule has 2 heterocycles. The zero-order valence-corrected chi connectivity index (χ0v) is 20.6. The van der Waals surface area contributed by atoms with E-state index in [9.17, 15) is 18.0 Å². The van der Waals surface area contributed by atoms with Crippen molar-refractivity contribution in [3.05, 3.63) is 65.4 Å². The van der Waals surface area contributed by atoms with Gasteiger partial charge in [0.15, 0.2) is 0 Å². The fourth-order valence-electron chi connectivity index (χ4n) is 5.19. The first-order valence-electron chi connectivity index (χ1n) is 12.1. The lowest BCUT2D eigenvalue weighted by Gasteiger charge is -2.36. The Kier molecular flexibility index (Phi) is 6.37. The number of para-hydroxylation sites is 1. The third-order valence-corrected chi connectivity index (χ3v) is 8.93. The topological polar surface area (TPSA) is 103 Å². The molecule has 1 fully saturated rings. The van der Waals surface area contributed by atoms with E-state index in [1.54, 1.807) is 11.0 Å². The molecule has 9 heteroatoms. The fourth-order valence-corrected chi connectivity index (χ4v) is 6.67. The van der Waals surface area contributed by atoms with Crippen LogP contribution < -0.4 is 5.32 Å². The molecule has 5 rings (SSSR count). The number of aryl methyl sites for hydroxylation is 2. The van der Waals surface area contributed by atoms with Gasteiger partial charge in [0.05, 0.1) is 4.90 Å². The largest absolute Gasteiger partial charge is 0.361 e. The number of nitrogens with one attached hydrogen (secondary N) is 2. The number of hydrogen-bond acceptors (Lipinski definition) is 4. The maximum Gasteiger partial charge on any atom is 0.245 e. The molecule has 2 aliphatic rings. The quantitative estimate of drug-likeness (QED) is 0.549. The molecule has 1 saturated heterocycles. The molecular weight excluding hydrogens is 464 g/mol. The highest BCUT2D eigenvalue weighted by Gasteiger charge is 2.33. The molecule has 0 radical (unpaired) electrons. The Balaban J connectivity index is 1.28. The lowest BCUT2D eigenvalue weighted by molar-refractivity contribution is -0.137. The number of nitrogens with zero attached hydrogens (tertiary/aromatic N) is 2. The van der Waals surface area contributed by atoms with Gasteiger partial charge in [-0.25, -0.2) is 8.42 Å². The molecule has 35 heavy (non-hydrogen) atoms. The molecule has 1 atom stereocenters. The number of piperazine rings is 1. The Hall–Kier alpha value is -3.17. The van der Waals surface area contributed by atoms with Crippen LogP contribution in [0.3, 0.4) is 0 Å². The molecule has 0 unspecified atom stereocenters. The van der Waals surface area contributed by atoms with E-state index in [2.05, 4.69) is 10.3 Å². The molecule has 2 amide bonds. The number of carbonyl (C=O) groups is 2. The van der Waals surface area contributed by atoms with E-state index in [1.807, 2.05) is 42.6 Å². The van der Waals surface area contributed by atoms with Crippen LogP contribution in [-0.2, 0) is 38.9 Å². The second kappa shape index (κ2) is 9.47. The summed E-state index contributed by atoms with van der Waals surface area (Å²) in [7, 11) is -3.62. The van der Waals surface area contributed by atoms with Crippen LogP contribution in [0.15, 0.2) is 53.6 Å². The Morgan fingerprint density at radius 2 is 1.77 bits per heavy atom. The molecule has 0 spiro atoms. The van der Waals surface area contributed by atoms with Crippen molar-refractivity contribution >= 4 is 32.7 Å². The van der Waals surface area contributed by atoms with Crippen LogP contribution in [0.1, 0.15) is 30.0 Å². The van der Waals surface area contributed by atoms with Crippen molar-refractivity contribution in [3.63, 3.8) is 0 Å².